The third-order valence-electron chi connectivity index (χ3n) is 7.14. The first-order chi connectivity index (χ1) is 16.1. The van der Waals surface area contributed by atoms with Gasteiger partial charge in [0.15, 0.2) is 0 Å². The normalized spacial score (nSPS) is 25.3. The number of rotatable bonds is 5. The molecule has 2 aliphatic rings. The number of benzene rings is 2. The van der Waals surface area contributed by atoms with Crippen LogP contribution in [0.1, 0.15) is 36.8 Å². The Morgan fingerprint density at radius 1 is 1.03 bits per heavy atom. The van der Waals surface area contributed by atoms with Gasteiger partial charge in [-0.2, -0.15) is 21.6 Å². The molecule has 0 saturated heterocycles. The minimum absolute atomic E-state index is 0.0359. The topological polar surface area (TPSA) is 63.6 Å². The summed E-state index contributed by atoms with van der Waals surface area (Å²) in [5.74, 6) is -0.429. The molecule has 0 unspecified atom stereocenters. The Hall–Kier alpha value is -2.36. The highest BCUT2D eigenvalue weighted by atomic mass is 32.2. The highest BCUT2D eigenvalue weighted by Gasteiger charge is 2.52. The summed E-state index contributed by atoms with van der Waals surface area (Å²) >= 11 is 0. The lowest BCUT2D eigenvalue weighted by Crippen LogP contribution is -2.35. The minimum Gasteiger partial charge on any atom is -0.392 e. The van der Waals surface area contributed by atoms with Gasteiger partial charge in [-0.25, -0.2) is 0 Å². The number of hydrogen-bond acceptors (Lipinski definition) is 4. The molecule has 1 N–H and O–H groups in total. The molecule has 2 aromatic carbocycles. The highest BCUT2D eigenvalue weighted by molar-refractivity contribution is 7.88. The van der Waals surface area contributed by atoms with Crippen LogP contribution in [0.5, 0.6) is 5.75 Å². The zero-order valence-corrected chi connectivity index (χ0v) is 21.9. The lowest BCUT2D eigenvalue weighted by atomic mass is 9.68. The molecule has 3 atom stereocenters. The van der Waals surface area contributed by atoms with Gasteiger partial charge in [0.25, 0.3) is 0 Å². The van der Waals surface area contributed by atoms with Crippen LogP contribution in [0.25, 0.3) is 5.57 Å². The van der Waals surface area contributed by atoms with E-state index in [0.717, 1.165) is 28.7 Å². The van der Waals surface area contributed by atoms with Crippen molar-refractivity contribution >= 4 is 23.8 Å². The SMILES string of the molecule is C[C@]12CC([Si](C)(C)C)=C(c3ccc(OS(=O)(=O)C(F)(F)F)cc3)C=C1C[C@@H](O)[C@@H]2c1ccccc1. The van der Waals surface area contributed by atoms with Gasteiger partial charge in [0.05, 0.1) is 14.2 Å². The van der Waals surface area contributed by atoms with Crippen molar-refractivity contribution in [1.82, 2.24) is 0 Å². The van der Waals surface area contributed by atoms with Crippen LogP contribution in [0.4, 0.5) is 13.2 Å². The van der Waals surface area contributed by atoms with Crippen molar-refractivity contribution in [2.24, 2.45) is 5.41 Å². The van der Waals surface area contributed by atoms with E-state index in [4.69, 9.17) is 0 Å². The van der Waals surface area contributed by atoms with E-state index < -0.39 is 35.6 Å². The average molecular weight is 523 g/mol. The molecular formula is C26H29F3O4SSi. The van der Waals surface area contributed by atoms with Crippen LogP contribution in [-0.4, -0.2) is 33.2 Å². The number of aliphatic hydroxyl groups is 1. The third-order valence-corrected chi connectivity index (χ3v) is 10.4. The van der Waals surface area contributed by atoms with E-state index in [0.29, 0.717) is 6.42 Å². The first-order valence-electron chi connectivity index (χ1n) is 11.4. The summed E-state index contributed by atoms with van der Waals surface area (Å²) in [5, 5.41) is 12.4. The van der Waals surface area contributed by atoms with Crippen LogP contribution in [0.3, 0.4) is 0 Å². The molecule has 0 radical (unpaired) electrons. The third kappa shape index (κ3) is 4.73. The van der Waals surface area contributed by atoms with Crippen molar-refractivity contribution in [3.05, 3.63) is 82.6 Å². The average Bonchev–Trinajstić information content (AvgIpc) is 3.01. The molecule has 1 fully saturated rings. The number of hydrogen-bond donors (Lipinski definition) is 1. The molecule has 0 amide bonds. The van der Waals surface area contributed by atoms with Gasteiger partial charge in [-0.05, 0) is 41.7 Å². The summed E-state index contributed by atoms with van der Waals surface area (Å²) in [6.45, 7) is 8.96. The Morgan fingerprint density at radius 3 is 2.17 bits per heavy atom. The smallest absolute Gasteiger partial charge is 0.392 e. The molecule has 1 saturated carbocycles. The van der Waals surface area contributed by atoms with Crippen molar-refractivity contribution in [3.8, 4) is 5.75 Å². The summed E-state index contributed by atoms with van der Waals surface area (Å²) in [7, 11) is -7.59. The van der Waals surface area contributed by atoms with Gasteiger partial charge in [0.2, 0.25) is 0 Å². The van der Waals surface area contributed by atoms with Crippen LogP contribution >= 0.6 is 0 Å². The van der Waals surface area contributed by atoms with Gasteiger partial charge in [0, 0.05) is 11.3 Å². The van der Waals surface area contributed by atoms with Gasteiger partial charge in [0.1, 0.15) is 5.75 Å². The monoisotopic (exact) mass is 522 g/mol. The van der Waals surface area contributed by atoms with Gasteiger partial charge in [-0.1, -0.05) is 85.9 Å². The van der Waals surface area contributed by atoms with E-state index in [9.17, 15) is 26.7 Å². The van der Waals surface area contributed by atoms with Gasteiger partial charge in [-0.3, -0.25) is 0 Å². The summed E-state index contributed by atoms with van der Waals surface area (Å²) in [6, 6.07) is 15.7. The first-order valence-corrected chi connectivity index (χ1v) is 16.3. The van der Waals surface area contributed by atoms with Crippen molar-refractivity contribution in [2.75, 3.05) is 0 Å². The van der Waals surface area contributed by atoms with Crippen molar-refractivity contribution in [2.45, 2.75) is 56.9 Å². The second-order valence-corrected chi connectivity index (χ2v) is 17.2. The van der Waals surface area contributed by atoms with E-state index in [-0.39, 0.29) is 11.3 Å². The quantitative estimate of drug-likeness (QED) is 0.279. The lowest BCUT2D eigenvalue weighted by Gasteiger charge is -2.41. The molecule has 0 heterocycles. The van der Waals surface area contributed by atoms with Crippen LogP contribution in [0.15, 0.2) is 71.4 Å². The maximum Gasteiger partial charge on any atom is 0.534 e. The molecule has 0 bridgehead atoms. The summed E-state index contributed by atoms with van der Waals surface area (Å²) in [4.78, 5) is 0. The predicted octanol–water partition coefficient (Wildman–Crippen LogP) is 6.43. The number of alkyl halides is 3. The molecule has 35 heavy (non-hydrogen) atoms. The van der Waals surface area contributed by atoms with E-state index in [2.05, 4.69) is 49.0 Å². The van der Waals surface area contributed by atoms with Crippen molar-refractivity contribution < 1.29 is 30.9 Å². The maximum absolute atomic E-state index is 12.7. The first kappa shape index (κ1) is 25.7. The van der Waals surface area contributed by atoms with E-state index in [1.165, 1.54) is 17.3 Å². The second kappa shape index (κ2) is 8.64. The predicted molar refractivity (Wildman–Crippen MR) is 133 cm³/mol. The molecule has 4 nitrogen and oxygen atoms in total. The fraction of sp³-hybridized carbons (Fsp3) is 0.385. The van der Waals surface area contributed by atoms with Crippen LogP contribution in [0, 0.1) is 5.41 Å². The van der Waals surface area contributed by atoms with Gasteiger partial charge in [-0.15, -0.1) is 0 Å². The van der Waals surface area contributed by atoms with Gasteiger partial charge >= 0.3 is 15.6 Å². The molecule has 4 rings (SSSR count). The van der Waals surface area contributed by atoms with Gasteiger partial charge < -0.3 is 9.29 Å². The van der Waals surface area contributed by atoms with E-state index >= 15 is 0 Å². The summed E-state index contributed by atoms with van der Waals surface area (Å²) in [6.07, 6.45) is 2.94. The molecule has 2 aliphatic carbocycles. The van der Waals surface area contributed by atoms with E-state index in [1.54, 1.807) is 12.1 Å². The van der Waals surface area contributed by atoms with Crippen LogP contribution in [0.2, 0.25) is 19.6 Å². The van der Waals surface area contributed by atoms with Crippen molar-refractivity contribution in [3.63, 3.8) is 0 Å². The summed E-state index contributed by atoms with van der Waals surface area (Å²) in [5.41, 5.74) is -1.69. The zero-order chi connectivity index (χ0) is 25.8. The number of aliphatic hydroxyl groups excluding tert-OH is 1. The largest absolute Gasteiger partial charge is 0.534 e. The summed E-state index contributed by atoms with van der Waals surface area (Å²) < 4.78 is 65.0. The lowest BCUT2D eigenvalue weighted by molar-refractivity contribution is -0.0500. The number of fused-ring (bicyclic) bond motifs is 1. The van der Waals surface area contributed by atoms with E-state index in [1.807, 2.05) is 18.2 Å². The maximum atomic E-state index is 12.7. The minimum atomic E-state index is -5.73. The Labute approximate surface area is 205 Å². The standard InChI is InChI=1S/C26H29F3O4SSi/c1-25-16-23(35(2,3)4)21(14-19(25)15-22(30)24(25)18-8-6-5-7-9-18)17-10-12-20(13-11-17)33-34(31,32)26(27,28)29/h5-14,22,24,30H,15-16H2,1-4H3/t22-,24+,25+/m1/s1. The highest BCUT2D eigenvalue weighted by Crippen LogP contribution is 2.60. The Kier molecular flexibility index (Phi) is 6.35. The molecule has 188 valence electrons. The number of allylic oxidation sites excluding steroid dienone is 3. The fourth-order valence-electron chi connectivity index (χ4n) is 5.41. The molecule has 9 heteroatoms. The molecular weight excluding hydrogens is 493 g/mol. The molecule has 0 aromatic heterocycles. The molecule has 0 aliphatic heterocycles. The molecule has 2 aromatic rings. The van der Waals surface area contributed by atoms with Crippen molar-refractivity contribution in [1.29, 1.82) is 0 Å². The Morgan fingerprint density at radius 2 is 1.63 bits per heavy atom. The second-order valence-electron chi connectivity index (χ2n) is 10.6. The Bertz CT molecular complexity index is 1280. The number of halogens is 3. The Balaban J connectivity index is 1.73. The zero-order valence-electron chi connectivity index (χ0n) is 20.1. The van der Waals surface area contributed by atoms with Crippen LogP contribution in [-0.2, 0) is 10.1 Å². The fourth-order valence-corrected chi connectivity index (χ4v) is 7.79. The molecule has 0 spiro atoms. The van der Waals surface area contributed by atoms with Crippen LogP contribution < -0.4 is 4.18 Å².